The van der Waals surface area contributed by atoms with Gasteiger partial charge >= 0.3 is 41.7 Å². The number of methoxy groups -OCH3 is 1. The molecule has 0 spiro atoms. The summed E-state index contributed by atoms with van der Waals surface area (Å²) in [6.07, 6.45) is -2.51. The van der Waals surface area contributed by atoms with Crippen molar-refractivity contribution in [3.05, 3.63) is 20.2 Å². The fraction of sp³-hybridized carbons (Fsp3) is 0.667. The van der Waals surface area contributed by atoms with Gasteiger partial charge in [0.25, 0.3) is 0 Å². The van der Waals surface area contributed by atoms with Crippen molar-refractivity contribution in [2.45, 2.75) is 6.17 Å². The first-order chi connectivity index (χ1) is 5.00. The summed E-state index contributed by atoms with van der Waals surface area (Å²) in [6.45, 7) is 0. The number of ether oxygens (including phenoxy) is 1. The predicted octanol–water partition coefficient (Wildman–Crippen LogP) is -1.61. The molecule has 0 aliphatic rings. The number of carbonyl (C=O) groups excluding carboxylic acids is 1. The van der Waals surface area contributed by atoms with Gasteiger partial charge < -0.3 is 4.74 Å². The van der Waals surface area contributed by atoms with E-state index in [4.69, 9.17) is 0 Å². The number of nitrogens with zero attached hydrogens (tertiary/aromatic N) is 2. The molecule has 0 aromatic carbocycles. The Hall–Kier alpha value is -0.730. The van der Waals surface area contributed by atoms with Crippen molar-refractivity contribution in [3.63, 3.8) is 0 Å². The molecule has 0 aromatic rings. The van der Waals surface area contributed by atoms with E-state index in [9.17, 15) is 25.0 Å². The molecule has 12 heavy (non-hydrogen) atoms. The first kappa shape index (κ1) is 13.8. The number of carbonyl (C=O) groups is 1. The number of rotatable bonds is 3. The molecule has 64 valence electrons. The molecule has 0 heterocycles. The Kier molecular flexibility index (Phi) is 6.76. The van der Waals surface area contributed by atoms with Crippen LogP contribution in [0, 0.1) is 20.2 Å². The molecular weight excluding hydrogens is 183 g/mol. The van der Waals surface area contributed by atoms with Crippen molar-refractivity contribution in [1.82, 2.24) is 0 Å². The standard InChI is InChI=1S/C3H4N2O6.Na.H/c1-11-3(6)2(4(7)8)5(9)10;;/h2H,1H3;;. The molecule has 0 rings (SSSR count). The topological polar surface area (TPSA) is 113 Å². The molecule has 9 heteroatoms. The van der Waals surface area contributed by atoms with Crippen LogP contribution in [0.5, 0.6) is 0 Å². The Morgan fingerprint density at radius 3 is 1.75 bits per heavy atom. The zero-order valence-corrected chi connectivity index (χ0v) is 5.42. The molecule has 0 unspecified atom stereocenters. The minimum absolute atomic E-state index is 0. The molecule has 0 saturated carbocycles. The number of hydrogen-bond acceptors (Lipinski definition) is 6. The van der Waals surface area contributed by atoms with Gasteiger partial charge in [-0.05, 0) is 0 Å². The molecule has 0 bridgehead atoms. The van der Waals surface area contributed by atoms with Gasteiger partial charge in [0.15, 0.2) is 0 Å². The fourth-order valence-electron chi connectivity index (χ4n) is 0.355. The van der Waals surface area contributed by atoms with Crippen LogP contribution in [0.3, 0.4) is 0 Å². The Morgan fingerprint density at radius 2 is 1.67 bits per heavy atom. The number of hydrogen-bond donors (Lipinski definition) is 0. The van der Waals surface area contributed by atoms with Crippen LogP contribution in [-0.2, 0) is 9.53 Å². The summed E-state index contributed by atoms with van der Waals surface area (Å²) in [4.78, 5) is 27.2. The summed E-state index contributed by atoms with van der Waals surface area (Å²) < 4.78 is 3.81. The van der Waals surface area contributed by atoms with E-state index in [1.54, 1.807) is 0 Å². The molecule has 0 aliphatic carbocycles. The van der Waals surface area contributed by atoms with Gasteiger partial charge in [-0.3, -0.25) is 20.2 Å². The molecule has 0 atom stereocenters. The van der Waals surface area contributed by atoms with Gasteiger partial charge in [0.1, 0.15) is 9.85 Å². The first-order valence-electron chi connectivity index (χ1n) is 2.35. The monoisotopic (exact) mass is 188 g/mol. The van der Waals surface area contributed by atoms with Gasteiger partial charge in [0.2, 0.25) is 0 Å². The van der Waals surface area contributed by atoms with Crippen molar-refractivity contribution >= 4 is 35.5 Å². The molecule has 0 amide bonds. The average Bonchev–Trinajstić information content (AvgIpc) is 1.85. The summed E-state index contributed by atoms with van der Waals surface area (Å²) >= 11 is 0. The van der Waals surface area contributed by atoms with Crippen LogP contribution in [-0.4, -0.2) is 58.6 Å². The third-order valence-electron chi connectivity index (χ3n) is 0.811. The zero-order chi connectivity index (χ0) is 9.02. The van der Waals surface area contributed by atoms with E-state index in [1.807, 2.05) is 0 Å². The summed E-state index contributed by atoms with van der Waals surface area (Å²) in [5.41, 5.74) is 0. The molecule has 0 saturated heterocycles. The van der Waals surface area contributed by atoms with Crippen LogP contribution in [0.2, 0.25) is 0 Å². The van der Waals surface area contributed by atoms with Gasteiger partial charge in [0, 0.05) is 0 Å². The Labute approximate surface area is 88.5 Å². The Morgan fingerprint density at radius 1 is 1.33 bits per heavy atom. The van der Waals surface area contributed by atoms with Gasteiger partial charge in [-0.25, -0.2) is 4.79 Å². The van der Waals surface area contributed by atoms with Gasteiger partial charge in [0.05, 0.1) is 7.11 Å². The van der Waals surface area contributed by atoms with Gasteiger partial charge in [-0.1, -0.05) is 0 Å². The van der Waals surface area contributed by atoms with Crippen LogP contribution < -0.4 is 0 Å². The maximum atomic E-state index is 10.3. The van der Waals surface area contributed by atoms with Crippen molar-refractivity contribution in [3.8, 4) is 0 Å². The first-order valence-corrected chi connectivity index (χ1v) is 2.35. The quantitative estimate of drug-likeness (QED) is 0.173. The van der Waals surface area contributed by atoms with E-state index < -0.39 is 22.0 Å². The van der Waals surface area contributed by atoms with E-state index in [-0.39, 0.29) is 29.6 Å². The van der Waals surface area contributed by atoms with E-state index in [0.717, 1.165) is 7.11 Å². The molecule has 0 N–H and O–H groups in total. The summed E-state index contributed by atoms with van der Waals surface area (Å²) in [7, 11) is 0.836. The second kappa shape index (κ2) is 5.86. The Bertz CT molecular complexity index is 191. The second-order valence-electron chi connectivity index (χ2n) is 1.47. The Balaban J connectivity index is 0. The average molecular weight is 188 g/mol. The molecular formula is C3H5N2NaO6. The van der Waals surface area contributed by atoms with Crippen molar-refractivity contribution in [2.24, 2.45) is 0 Å². The van der Waals surface area contributed by atoms with Crippen LogP contribution in [0.25, 0.3) is 0 Å². The summed E-state index contributed by atoms with van der Waals surface area (Å²) in [5.74, 6) is -1.49. The zero-order valence-electron chi connectivity index (χ0n) is 5.42. The molecule has 0 aliphatic heterocycles. The fourth-order valence-corrected chi connectivity index (χ4v) is 0.355. The van der Waals surface area contributed by atoms with Crippen molar-refractivity contribution in [2.75, 3.05) is 7.11 Å². The third kappa shape index (κ3) is 3.60. The predicted molar refractivity (Wildman–Crippen MR) is 36.9 cm³/mol. The summed E-state index contributed by atoms with van der Waals surface area (Å²) in [6, 6.07) is 0. The van der Waals surface area contributed by atoms with Crippen LogP contribution in [0.1, 0.15) is 0 Å². The van der Waals surface area contributed by atoms with E-state index in [2.05, 4.69) is 4.74 Å². The van der Waals surface area contributed by atoms with E-state index >= 15 is 0 Å². The van der Waals surface area contributed by atoms with Crippen LogP contribution in [0.15, 0.2) is 0 Å². The van der Waals surface area contributed by atoms with E-state index in [0.29, 0.717) is 0 Å². The van der Waals surface area contributed by atoms with Crippen LogP contribution in [0.4, 0.5) is 0 Å². The van der Waals surface area contributed by atoms with Crippen molar-refractivity contribution < 1.29 is 19.4 Å². The van der Waals surface area contributed by atoms with Crippen LogP contribution >= 0.6 is 0 Å². The van der Waals surface area contributed by atoms with Crippen molar-refractivity contribution in [1.29, 1.82) is 0 Å². The number of esters is 1. The van der Waals surface area contributed by atoms with Gasteiger partial charge in [-0.15, -0.1) is 0 Å². The maximum absolute atomic E-state index is 10.3. The van der Waals surface area contributed by atoms with Gasteiger partial charge in [-0.2, -0.15) is 0 Å². The molecule has 0 aromatic heterocycles. The SMILES string of the molecule is COC(=O)C([N+](=O)[O-])[N+](=O)[O-].[NaH]. The molecule has 8 nitrogen and oxygen atoms in total. The summed E-state index contributed by atoms with van der Waals surface area (Å²) in [5, 5.41) is 19.6. The third-order valence-corrected chi connectivity index (χ3v) is 0.811. The number of nitro groups is 2. The van der Waals surface area contributed by atoms with E-state index in [1.165, 1.54) is 0 Å². The normalized spacial score (nSPS) is 8.50. The molecule has 0 radical (unpaired) electrons. The second-order valence-corrected chi connectivity index (χ2v) is 1.47. The minimum atomic E-state index is -2.51. The molecule has 0 fully saturated rings.